The fraction of sp³-hybridized carbons (Fsp3) is 0.750. The van der Waals surface area contributed by atoms with E-state index in [9.17, 15) is 4.79 Å². The zero-order valence-corrected chi connectivity index (χ0v) is 5.96. The molecule has 8 heavy (non-hydrogen) atoms. The number of hydrogen-bond acceptors (Lipinski definition) is 3. The number of carbonyl (C=O) groups excluding carboxylic acids is 1. The second-order valence-corrected chi connectivity index (χ2v) is 0.925. The largest absolute Gasteiger partial charge is 0.466 e. The summed E-state index contributed by atoms with van der Waals surface area (Å²) in [7, 11) is 0. The lowest BCUT2D eigenvalue weighted by Crippen LogP contribution is -1.95. The van der Waals surface area contributed by atoms with E-state index in [2.05, 4.69) is 4.74 Å². The number of rotatable bonds is 1. The maximum Gasteiger partial charge on any atom is 0.302 e. The third-order valence-corrected chi connectivity index (χ3v) is 0.348. The molecular weight excluding hydrogens is 130 g/mol. The van der Waals surface area contributed by atoms with Gasteiger partial charge in [0.2, 0.25) is 0 Å². The second kappa shape index (κ2) is 9.87. The molecule has 3 nitrogen and oxygen atoms in total. The van der Waals surface area contributed by atoms with Crippen molar-refractivity contribution in [2.45, 2.75) is 13.8 Å². The second-order valence-electron chi connectivity index (χ2n) is 0.925. The van der Waals surface area contributed by atoms with E-state index in [0.29, 0.717) is 6.61 Å². The van der Waals surface area contributed by atoms with Crippen LogP contribution >= 0.6 is 12.4 Å². The predicted molar refractivity (Wildman–Crippen MR) is 34.6 cm³/mol. The number of carbonyl (C=O) groups is 1. The van der Waals surface area contributed by atoms with Crippen LogP contribution in [0.3, 0.4) is 0 Å². The Kier molecular flexibility index (Phi) is 19.3. The maximum absolute atomic E-state index is 9.82. The molecule has 0 aliphatic rings. The van der Waals surface area contributed by atoms with Gasteiger partial charge in [-0.05, 0) is 6.92 Å². The molecule has 0 unspecified atom stereocenters. The zero-order chi connectivity index (χ0) is 4.99. The Bertz CT molecular complexity index is 58.0. The van der Waals surface area contributed by atoms with Gasteiger partial charge >= 0.3 is 5.97 Å². The molecule has 0 heterocycles. The van der Waals surface area contributed by atoms with Crippen LogP contribution in [0.15, 0.2) is 0 Å². The molecule has 0 atom stereocenters. The molecule has 3 N–H and O–H groups in total. The summed E-state index contributed by atoms with van der Waals surface area (Å²) in [6.45, 7) is 3.65. The minimum absolute atomic E-state index is 0. The van der Waals surface area contributed by atoms with Crippen molar-refractivity contribution in [2.24, 2.45) is 0 Å². The Hall–Kier alpha value is -0.280. The highest BCUT2D eigenvalue weighted by molar-refractivity contribution is 5.85. The molecule has 0 rings (SSSR count). The highest BCUT2D eigenvalue weighted by atomic mass is 35.5. The van der Waals surface area contributed by atoms with Crippen molar-refractivity contribution in [3.05, 3.63) is 0 Å². The Labute approximate surface area is 55.4 Å². The van der Waals surface area contributed by atoms with Crippen molar-refractivity contribution in [3.8, 4) is 0 Å². The van der Waals surface area contributed by atoms with E-state index in [-0.39, 0.29) is 24.5 Å². The van der Waals surface area contributed by atoms with Crippen molar-refractivity contribution in [2.75, 3.05) is 6.61 Å². The summed E-state index contributed by atoms with van der Waals surface area (Å²) in [6, 6.07) is 0. The smallest absolute Gasteiger partial charge is 0.302 e. The lowest BCUT2D eigenvalue weighted by atomic mass is 10.8. The first-order valence-electron chi connectivity index (χ1n) is 1.90. The molecule has 0 amide bonds. The van der Waals surface area contributed by atoms with Gasteiger partial charge in [0.1, 0.15) is 0 Å². The molecule has 0 aromatic carbocycles. The standard InChI is InChI=1S/C4H8O2.ClH.H3N/c1-3-6-4(2)5;;/h3H2,1-2H3;1H;1H3. The average molecular weight is 142 g/mol. The van der Waals surface area contributed by atoms with Gasteiger partial charge in [-0.15, -0.1) is 12.4 Å². The number of hydrogen-bond donors (Lipinski definition) is 1. The van der Waals surface area contributed by atoms with Gasteiger partial charge in [-0.25, -0.2) is 0 Å². The lowest BCUT2D eigenvalue weighted by molar-refractivity contribution is -0.140. The van der Waals surface area contributed by atoms with Crippen LogP contribution in [0.2, 0.25) is 0 Å². The highest BCUT2D eigenvalue weighted by Crippen LogP contribution is 1.69. The highest BCUT2D eigenvalue weighted by Gasteiger charge is 1.81. The van der Waals surface area contributed by atoms with E-state index in [1.54, 1.807) is 6.92 Å². The van der Waals surface area contributed by atoms with Gasteiger partial charge in [-0.1, -0.05) is 0 Å². The summed E-state index contributed by atoms with van der Waals surface area (Å²) in [4.78, 5) is 9.82. The first kappa shape index (κ1) is 15.6. The van der Waals surface area contributed by atoms with Crippen LogP contribution in [0.4, 0.5) is 0 Å². The molecular formula is C4H12ClNO2. The normalized spacial score (nSPS) is 5.75. The Morgan fingerprint density at radius 2 is 2.00 bits per heavy atom. The van der Waals surface area contributed by atoms with E-state index < -0.39 is 0 Å². The predicted octanol–water partition coefficient (Wildman–Crippen LogP) is 1.15. The molecule has 0 fully saturated rings. The van der Waals surface area contributed by atoms with Crippen LogP contribution in [0.1, 0.15) is 13.8 Å². The molecule has 0 aromatic rings. The number of ether oxygens (including phenoxy) is 1. The SMILES string of the molecule is CCOC(C)=O.Cl.N. The molecule has 0 radical (unpaired) electrons. The van der Waals surface area contributed by atoms with Gasteiger partial charge in [0.05, 0.1) is 6.61 Å². The van der Waals surface area contributed by atoms with Crippen LogP contribution in [-0.2, 0) is 9.53 Å². The third-order valence-electron chi connectivity index (χ3n) is 0.348. The van der Waals surface area contributed by atoms with Gasteiger partial charge in [0.25, 0.3) is 0 Å². The molecule has 4 heteroatoms. The molecule has 0 aliphatic carbocycles. The quantitative estimate of drug-likeness (QED) is 0.558. The van der Waals surface area contributed by atoms with Gasteiger partial charge in [-0.3, -0.25) is 4.79 Å². The molecule has 0 saturated heterocycles. The van der Waals surface area contributed by atoms with E-state index in [1.807, 2.05) is 0 Å². The van der Waals surface area contributed by atoms with E-state index in [1.165, 1.54) is 6.92 Å². The first-order chi connectivity index (χ1) is 2.77. The van der Waals surface area contributed by atoms with Gasteiger partial charge < -0.3 is 10.9 Å². The first-order valence-corrected chi connectivity index (χ1v) is 1.90. The summed E-state index contributed by atoms with van der Waals surface area (Å²) < 4.78 is 4.40. The Morgan fingerprint density at radius 3 is 2.00 bits per heavy atom. The minimum atomic E-state index is -0.211. The summed E-state index contributed by atoms with van der Waals surface area (Å²) in [5.74, 6) is -0.211. The van der Waals surface area contributed by atoms with Gasteiger partial charge in [0, 0.05) is 6.92 Å². The number of esters is 1. The topological polar surface area (TPSA) is 61.3 Å². The Balaban J connectivity index is -0.000000125. The average Bonchev–Trinajstić information content (AvgIpc) is 1.35. The summed E-state index contributed by atoms with van der Waals surface area (Å²) in [6.07, 6.45) is 0. The monoisotopic (exact) mass is 141 g/mol. The molecule has 0 spiro atoms. The van der Waals surface area contributed by atoms with Crippen LogP contribution < -0.4 is 6.15 Å². The van der Waals surface area contributed by atoms with Crippen LogP contribution in [0.5, 0.6) is 0 Å². The van der Waals surface area contributed by atoms with Crippen molar-refractivity contribution in [3.63, 3.8) is 0 Å². The van der Waals surface area contributed by atoms with Crippen LogP contribution in [-0.4, -0.2) is 12.6 Å². The van der Waals surface area contributed by atoms with E-state index >= 15 is 0 Å². The van der Waals surface area contributed by atoms with Crippen molar-refractivity contribution in [1.29, 1.82) is 0 Å². The summed E-state index contributed by atoms with van der Waals surface area (Å²) in [5, 5.41) is 0. The van der Waals surface area contributed by atoms with Crippen molar-refractivity contribution >= 4 is 18.4 Å². The molecule has 0 aliphatic heterocycles. The lowest BCUT2D eigenvalue weighted by Gasteiger charge is -1.89. The fourth-order valence-corrected chi connectivity index (χ4v) is 0.203. The van der Waals surface area contributed by atoms with Crippen molar-refractivity contribution < 1.29 is 9.53 Å². The van der Waals surface area contributed by atoms with Gasteiger partial charge in [-0.2, -0.15) is 0 Å². The maximum atomic E-state index is 9.82. The summed E-state index contributed by atoms with van der Waals surface area (Å²) in [5.41, 5.74) is 0. The van der Waals surface area contributed by atoms with Crippen molar-refractivity contribution in [1.82, 2.24) is 6.15 Å². The molecule has 0 bridgehead atoms. The summed E-state index contributed by atoms with van der Waals surface area (Å²) >= 11 is 0. The minimum Gasteiger partial charge on any atom is -0.466 e. The Morgan fingerprint density at radius 1 is 1.62 bits per heavy atom. The van der Waals surface area contributed by atoms with Crippen LogP contribution in [0.25, 0.3) is 0 Å². The number of halogens is 1. The molecule has 0 saturated carbocycles. The third kappa shape index (κ3) is 17.2. The van der Waals surface area contributed by atoms with E-state index in [4.69, 9.17) is 0 Å². The van der Waals surface area contributed by atoms with E-state index in [0.717, 1.165) is 0 Å². The zero-order valence-electron chi connectivity index (χ0n) is 5.14. The molecule has 0 aromatic heterocycles. The fourth-order valence-electron chi connectivity index (χ4n) is 0.203. The molecule has 52 valence electrons. The van der Waals surface area contributed by atoms with Crippen LogP contribution in [0, 0.1) is 0 Å². The van der Waals surface area contributed by atoms with Gasteiger partial charge in [0.15, 0.2) is 0 Å².